The molecule has 1 aromatic heterocycles. The number of nitrogens with zero attached hydrogens (tertiary/aromatic N) is 4. The molecule has 3 rings (SSSR count). The molecule has 24 heavy (non-hydrogen) atoms. The molecular formula is C17H22ClN5O. The van der Waals surface area contributed by atoms with Gasteiger partial charge >= 0.3 is 0 Å². The number of carbonyl (C=O) groups is 1. The molecule has 2 heterocycles. The van der Waals surface area contributed by atoms with Crippen LogP contribution in [-0.2, 0) is 4.79 Å². The van der Waals surface area contributed by atoms with Gasteiger partial charge in [0.1, 0.15) is 18.7 Å². The Bertz CT molecular complexity index is 669. The summed E-state index contributed by atoms with van der Waals surface area (Å²) < 4.78 is 1.55. The Labute approximate surface area is 146 Å². The van der Waals surface area contributed by atoms with Crippen LogP contribution in [0, 0.1) is 0 Å². The first-order chi connectivity index (χ1) is 11.7. The highest BCUT2D eigenvalue weighted by molar-refractivity contribution is 6.31. The lowest BCUT2D eigenvalue weighted by Gasteiger charge is -2.29. The van der Waals surface area contributed by atoms with Gasteiger partial charge in [0, 0.05) is 11.6 Å². The second kappa shape index (κ2) is 7.77. The van der Waals surface area contributed by atoms with Crippen molar-refractivity contribution in [2.24, 2.45) is 0 Å². The van der Waals surface area contributed by atoms with E-state index in [-0.39, 0.29) is 11.9 Å². The van der Waals surface area contributed by atoms with Gasteiger partial charge in [-0.2, -0.15) is 5.10 Å². The van der Waals surface area contributed by atoms with Crippen LogP contribution in [0.1, 0.15) is 37.4 Å². The van der Waals surface area contributed by atoms with Crippen LogP contribution in [0.2, 0.25) is 5.02 Å². The zero-order valence-corrected chi connectivity index (χ0v) is 14.5. The third-order valence-corrected chi connectivity index (χ3v) is 4.87. The van der Waals surface area contributed by atoms with Crippen molar-refractivity contribution >= 4 is 17.5 Å². The summed E-state index contributed by atoms with van der Waals surface area (Å²) in [6.07, 6.45) is 5.35. The highest BCUT2D eigenvalue weighted by Gasteiger charge is 2.26. The molecule has 2 aromatic rings. The van der Waals surface area contributed by atoms with Gasteiger partial charge in [-0.15, -0.1) is 0 Å². The minimum absolute atomic E-state index is 0.0725. The Morgan fingerprint density at radius 1 is 1.33 bits per heavy atom. The van der Waals surface area contributed by atoms with E-state index in [0.717, 1.165) is 23.7 Å². The van der Waals surface area contributed by atoms with Gasteiger partial charge in [0.05, 0.1) is 6.04 Å². The maximum absolute atomic E-state index is 12.4. The van der Waals surface area contributed by atoms with Crippen molar-refractivity contribution in [1.29, 1.82) is 0 Å². The van der Waals surface area contributed by atoms with Crippen LogP contribution in [0.15, 0.2) is 36.9 Å². The number of hydrogen-bond acceptors (Lipinski definition) is 4. The van der Waals surface area contributed by atoms with Gasteiger partial charge in [0.2, 0.25) is 5.91 Å². The van der Waals surface area contributed by atoms with Crippen LogP contribution < -0.4 is 5.32 Å². The number of likely N-dealkylation sites (tertiary alicyclic amines) is 1. The van der Waals surface area contributed by atoms with Gasteiger partial charge in [-0.05, 0) is 44.5 Å². The Hall–Kier alpha value is -1.92. The third-order valence-electron chi connectivity index (χ3n) is 4.53. The third kappa shape index (κ3) is 3.76. The van der Waals surface area contributed by atoms with Crippen molar-refractivity contribution in [2.45, 2.75) is 31.8 Å². The first kappa shape index (κ1) is 16.9. The predicted octanol–water partition coefficient (Wildman–Crippen LogP) is 2.45. The van der Waals surface area contributed by atoms with Crippen molar-refractivity contribution in [3.05, 3.63) is 47.5 Å². The van der Waals surface area contributed by atoms with E-state index in [9.17, 15) is 4.79 Å². The number of rotatable bonds is 6. The lowest BCUT2D eigenvalue weighted by molar-refractivity contribution is -0.124. The fourth-order valence-electron chi connectivity index (χ4n) is 3.12. The SMILES string of the molecule is CC(C(=O)NCC(c1ccccc1Cl)N1CCCC1)n1cncn1. The largest absolute Gasteiger partial charge is 0.352 e. The molecule has 0 spiro atoms. The standard InChI is InChI=1S/C17H22ClN5O/c1-13(23-12-19-11-21-23)17(24)20-10-16(22-8-4-5-9-22)14-6-2-3-7-15(14)18/h2-3,6-7,11-13,16H,4-5,8-10H2,1H3,(H,20,24). The summed E-state index contributed by atoms with van der Waals surface area (Å²) in [6, 6.07) is 7.56. The lowest BCUT2D eigenvalue weighted by Crippen LogP contribution is -2.39. The van der Waals surface area contributed by atoms with E-state index in [4.69, 9.17) is 11.6 Å². The molecule has 2 atom stereocenters. The number of carbonyl (C=O) groups excluding carboxylic acids is 1. The molecule has 0 radical (unpaired) electrons. The highest BCUT2D eigenvalue weighted by Crippen LogP contribution is 2.29. The van der Waals surface area contributed by atoms with E-state index in [1.54, 1.807) is 11.0 Å². The van der Waals surface area contributed by atoms with Crippen molar-refractivity contribution in [3.8, 4) is 0 Å². The molecule has 1 fully saturated rings. The fraction of sp³-hybridized carbons (Fsp3) is 0.471. The quantitative estimate of drug-likeness (QED) is 0.871. The minimum Gasteiger partial charge on any atom is -0.352 e. The van der Waals surface area contributed by atoms with Gasteiger partial charge in [-0.25, -0.2) is 9.67 Å². The molecule has 1 saturated heterocycles. The first-order valence-electron chi connectivity index (χ1n) is 8.27. The molecule has 128 valence electrons. The average Bonchev–Trinajstić information content (AvgIpc) is 3.29. The lowest BCUT2D eigenvalue weighted by atomic mass is 10.1. The number of benzene rings is 1. The maximum Gasteiger partial charge on any atom is 0.244 e. The highest BCUT2D eigenvalue weighted by atomic mass is 35.5. The van der Waals surface area contributed by atoms with Crippen molar-refractivity contribution in [3.63, 3.8) is 0 Å². The molecule has 1 aliphatic heterocycles. The van der Waals surface area contributed by atoms with E-state index in [1.165, 1.54) is 19.2 Å². The summed E-state index contributed by atoms with van der Waals surface area (Å²) in [5.41, 5.74) is 1.06. The molecule has 1 aromatic carbocycles. The minimum atomic E-state index is -0.391. The normalized spacial score (nSPS) is 17.6. The fourth-order valence-corrected chi connectivity index (χ4v) is 3.38. The smallest absolute Gasteiger partial charge is 0.244 e. The molecular weight excluding hydrogens is 326 g/mol. The molecule has 1 aliphatic rings. The Morgan fingerprint density at radius 2 is 2.08 bits per heavy atom. The molecule has 1 amide bonds. The average molecular weight is 348 g/mol. The Balaban J connectivity index is 1.70. The van der Waals surface area contributed by atoms with Gasteiger partial charge in [-0.3, -0.25) is 9.69 Å². The summed E-state index contributed by atoms with van der Waals surface area (Å²) in [5.74, 6) is -0.0725. The van der Waals surface area contributed by atoms with Crippen LogP contribution in [-0.4, -0.2) is 45.2 Å². The monoisotopic (exact) mass is 347 g/mol. The number of hydrogen-bond donors (Lipinski definition) is 1. The van der Waals surface area contributed by atoms with Crippen LogP contribution in [0.5, 0.6) is 0 Å². The topological polar surface area (TPSA) is 63.1 Å². The van der Waals surface area contributed by atoms with Crippen LogP contribution in [0.3, 0.4) is 0 Å². The van der Waals surface area contributed by atoms with Crippen LogP contribution in [0.25, 0.3) is 0 Å². The number of amides is 1. The summed E-state index contributed by atoms with van der Waals surface area (Å²) in [4.78, 5) is 18.7. The maximum atomic E-state index is 12.4. The molecule has 6 nitrogen and oxygen atoms in total. The first-order valence-corrected chi connectivity index (χ1v) is 8.65. The number of aromatic nitrogens is 3. The Kier molecular flexibility index (Phi) is 5.48. The van der Waals surface area contributed by atoms with Gasteiger partial charge < -0.3 is 5.32 Å². The van der Waals surface area contributed by atoms with E-state index in [0.29, 0.717) is 6.54 Å². The zero-order valence-electron chi connectivity index (χ0n) is 13.7. The second-order valence-corrected chi connectivity index (χ2v) is 6.48. The van der Waals surface area contributed by atoms with Crippen molar-refractivity contribution in [2.75, 3.05) is 19.6 Å². The molecule has 7 heteroatoms. The van der Waals surface area contributed by atoms with E-state index in [2.05, 4.69) is 20.3 Å². The van der Waals surface area contributed by atoms with Crippen LogP contribution in [0.4, 0.5) is 0 Å². The summed E-state index contributed by atoms with van der Waals surface area (Å²) in [6.45, 7) is 4.40. The van der Waals surface area contributed by atoms with E-state index >= 15 is 0 Å². The van der Waals surface area contributed by atoms with E-state index in [1.807, 2.05) is 31.2 Å². The van der Waals surface area contributed by atoms with Gasteiger partial charge in [0.25, 0.3) is 0 Å². The predicted molar refractivity (Wildman–Crippen MR) is 92.7 cm³/mol. The Morgan fingerprint density at radius 3 is 2.75 bits per heavy atom. The summed E-state index contributed by atoms with van der Waals surface area (Å²) in [7, 11) is 0. The molecule has 0 bridgehead atoms. The second-order valence-electron chi connectivity index (χ2n) is 6.08. The number of nitrogens with one attached hydrogen (secondary N) is 1. The molecule has 0 aliphatic carbocycles. The zero-order chi connectivity index (χ0) is 16.9. The van der Waals surface area contributed by atoms with Crippen molar-refractivity contribution < 1.29 is 4.79 Å². The van der Waals surface area contributed by atoms with Gasteiger partial charge in [-0.1, -0.05) is 29.8 Å². The van der Waals surface area contributed by atoms with Gasteiger partial charge in [0.15, 0.2) is 0 Å². The number of halogens is 1. The summed E-state index contributed by atoms with van der Waals surface area (Å²) >= 11 is 6.39. The molecule has 1 N–H and O–H groups in total. The van der Waals surface area contributed by atoms with Crippen LogP contribution >= 0.6 is 11.6 Å². The van der Waals surface area contributed by atoms with E-state index < -0.39 is 6.04 Å². The summed E-state index contributed by atoms with van der Waals surface area (Å²) in [5, 5.41) is 7.82. The molecule has 2 unspecified atom stereocenters. The molecule has 0 saturated carbocycles. The van der Waals surface area contributed by atoms with Crippen molar-refractivity contribution in [1.82, 2.24) is 25.0 Å².